The minimum absolute atomic E-state index is 0.0188. The molecule has 0 aromatic rings. The van der Waals surface area contributed by atoms with E-state index in [2.05, 4.69) is 10.6 Å². The SMILES string of the molecule is CC(C)OC(=O)C[C@H]1C(=O)NCCN1C(=S)NC(=O)C1CCCCC1. The van der Waals surface area contributed by atoms with E-state index in [0.717, 1.165) is 25.7 Å². The fourth-order valence-electron chi connectivity index (χ4n) is 3.27. The first kappa shape index (κ1) is 19.6. The van der Waals surface area contributed by atoms with E-state index >= 15 is 0 Å². The number of ether oxygens (including phenoxy) is 1. The van der Waals surface area contributed by atoms with E-state index in [4.69, 9.17) is 17.0 Å². The molecule has 0 radical (unpaired) electrons. The van der Waals surface area contributed by atoms with Crippen LogP contribution in [0.3, 0.4) is 0 Å². The van der Waals surface area contributed by atoms with Crippen molar-refractivity contribution in [2.24, 2.45) is 5.92 Å². The number of amides is 2. The molecule has 1 aliphatic heterocycles. The topological polar surface area (TPSA) is 87.7 Å². The maximum Gasteiger partial charge on any atom is 0.308 e. The Kier molecular flexibility index (Phi) is 7.16. The highest BCUT2D eigenvalue weighted by molar-refractivity contribution is 7.80. The van der Waals surface area contributed by atoms with Gasteiger partial charge < -0.3 is 20.3 Å². The number of thiocarbonyl (C=S) groups is 1. The van der Waals surface area contributed by atoms with Crippen LogP contribution in [0, 0.1) is 5.92 Å². The zero-order valence-electron chi connectivity index (χ0n) is 14.9. The second-order valence-electron chi connectivity index (χ2n) is 6.87. The third-order valence-corrected chi connectivity index (χ3v) is 4.86. The van der Waals surface area contributed by atoms with Crippen molar-refractivity contribution in [2.75, 3.05) is 13.1 Å². The van der Waals surface area contributed by atoms with Gasteiger partial charge in [0.2, 0.25) is 11.8 Å². The van der Waals surface area contributed by atoms with Gasteiger partial charge in [-0.3, -0.25) is 14.4 Å². The fraction of sp³-hybridized carbons (Fsp3) is 0.765. The molecular weight excluding hydrogens is 342 g/mol. The molecule has 1 saturated carbocycles. The predicted molar refractivity (Wildman–Crippen MR) is 96.7 cm³/mol. The molecule has 1 atom stereocenters. The zero-order valence-corrected chi connectivity index (χ0v) is 15.7. The van der Waals surface area contributed by atoms with Crippen LogP contribution in [-0.2, 0) is 19.1 Å². The van der Waals surface area contributed by atoms with Crippen LogP contribution in [0.25, 0.3) is 0 Å². The van der Waals surface area contributed by atoms with Gasteiger partial charge in [-0.1, -0.05) is 19.3 Å². The average molecular weight is 369 g/mol. The quantitative estimate of drug-likeness (QED) is 0.570. The summed E-state index contributed by atoms with van der Waals surface area (Å²) in [5.41, 5.74) is 0. The minimum Gasteiger partial charge on any atom is -0.463 e. The maximum atomic E-state index is 12.4. The molecule has 0 spiro atoms. The molecule has 1 saturated heterocycles. The first-order chi connectivity index (χ1) is 11.9. The van der Waals surface area contributed by atoms with Crippen LogP contribution < -0.4 is 10.6 Å². The van der Waals surface area contributed by atoms with Gasteiger partial charge in [-0.2, -0.15) is 0 Å². The van der Waals surface area contributed by atoms with E-state index in [1.54, 1.807) is 18.7 Å². The van der Waals surface area contributed by atoms with Crippen LogP contribution >= 0.6 is 12.2 Å². The highest BCUT2D eigenvalue weighted by Crippen LogP contribution is 2.23. The second kappa shape index (κ2) is 9.12. The van der Waals surface area contributed by atoms with E-state index in [-0.39, 0.29) is 35.4 Å². The van der Waals surface area contributed by atoms with Gasteiger partial charge >= 0.3 is 5.97 Å². The lowest BCUT2D eigenvalue weighted by Gasteiger charge is -2.36. The highest BCUT2D eigenvalue weighted by atomic mass is 32.1. The molecule has 140 valence electrons. The summed E-state index contributed by atoms with van der Waals surface area (Å²) < 4.78 is 5.13. The molecule has 8 heteroatoms. The molecule has 0 unspecified atom stereocenters. The summed E-state index contributed by atoms with van der Waals surface area (Å²) in [5.74, 6) is -0.835. The van der Waals surface area contributed by atoms with E-state index in [9.17, 15) is 14.4 Å². The number of nitrogens with zero attached hydrogens (tertiary/aromatic N) is 1. The Balaban J connectivity index is 1.97. The smallest absolute Gasteiger partial charge is 0.308 e. The summed E-state index contributed by atoms with van der Waals surface area (Å²) in [7, 11) is 0. The van der Waals surface area contributed by atoms with Gasteiger partial charge in [-0.15, -0.1) is 0 Å². The largest absolute Gasteiger partial charge is 0.463 e. The van der Waals surface area contributed by atoms with Crippen molar-refractivity contribution in [2.45, 2.75) is 64.5 Å². The van der Waals surface area contributed by atoms with Gasteiger partial charge in [-0.25, -0.2) is 0 Å². The molecule has 2 N–H and O–H groups in total. The Morgan fingerprint density at radius 3 is 2.64 bits per heavy atom. The van der Waals surface area contributed by atoms with Gasteiger partial charge in [0.05, 0.1) is 12.5 Å². The van der Waals surface area contributed by atoms with Crippen LogP contribution in [0.2, 0.25) is 0 Å². The molecule has 2 fully saturated rings. The van der Waals surface area contributed by atoms with Crippen molar-refractivity contribution < 1.29 is 19.1 Å². The van der Waals surface area contributed by atoms with Crippen LogP contribution in [-0.4, -0.2) is 53.0 Å². The molecule has 2 rings (SSSR count). The normalized spacial score (nSPS) is 21.6. The number of rotatable bonds is 4. The van der Waals surface area contributed by atoms with Gasteiger partial charge in [0.25, 0.3) is 0 Å². The first-order valence-corrected chi connectivity index (χ1v) is 9.38. The zero-order chi connectivity index (χ0) is 18.4. The summed E-state index contributed by atoms with van der Waals surface area (Å²) in [5, 5.41) is 5.72. The Bertz CT molecular complexity index is 532. The first-order valence-electron chi connectivity index (χ1n) is 8.97. The Hall–Kier alpha value is -1.70. The number of carbonyl (C=O) groups is 3. The number of hydrogen-bond acceptors (Lipinski definition) is 5. The Morgan fingerprint density at radius 2 is 2.00 bits per heavy atom. The molecule has 0 aromatic heterocycles. The number of esters is 1. The molecule has 0 bridgehead atoms. The molecule has 2 aliphatic rings. The lowest BCUT2D eigenvalue weighted by atomic mass is 9.89. The van der Waals surface area contributed by atoms with E-state index in [0.29, 0.717) is 13.1 Å². The van der Waals surface area contributed by atoms with E-state index in [1.807, 2.05) is 0 Å². The van der Waals surface area contributed by atoms with Crippen molar-refractivity contribution in [3.63, 3.8) is 0 Å². The summed E-state index contributed by atoms with van der Waals surface area (Å²) >= 11 is 5.35. The average Bonchev–Trinajstić information content (AvgIpc) is 2.56. The summed E-state index contributed by atoms with van der Waals surface area (Å²) in [6, 6.07) is -0.751. The van der Waals surface area contributed by atoms with Crippen LogP contribution in [0.15, 0.2) is 0 Å². The number of nitrogens with one attached hydrogen (secondary N) is 2. The molecule has 1 aliphatic carbocycles. The van der Waals surface area contributed by atoms with Crippen LogP contribution in [0.5, 0.6) is 0 Å². The molecule has 7 nitrogen and oxygen atoms in total. The van der Waals surface area contributed by atoms with Crippen molar-refractivity contribution in [1.82, 2.24) is 15.5 Å². The van der Waals surface area contributed by atoms with Crippen molar-refractivity contribution in [1.29, 1.82) is 0 Å². The van der Waals surface area contributed by atoms with Gasteiger partial charge in [0.1, 0.15) is 6.04 Å². The van der Waals surface area contributed by atoms with Crippen LogP contribution in [0.1, 0.15) is 52.4 Å². The summed E-state index contributed by atoms with van der Waals surface area (Å²) in [6.07, 6.45) is 4.69. The highest BCUT2D eigenvalue weighted by Gasteiger charge is 2.35. The van der Waals surface area contributed by atoms with Crippen molar-refractivity contribution in [3.8, 4) is 0 Å². The second-order valence-corrected chi connectivity index (χ2v) is 7.26. The Morgan fingerprint density at radius 1 is 1.32 bits per heavy atom. The summed E-state index contributed by atoms with van der Waals surface area (Å²) in [6.45, 7) is 4.39. The maximum absolute atomic E-state index is 12.4. The lowest BCUT2D eigenvalue weighted by Crippen LogP contribution is -2.60. The number of hydrogen-bond donors (Lipinski definition) is 2. The predicted octanol–water partition coefficient (Wildman–Crippen LogP) is 1.11. The van der Waals surface area contributed by atoms with E-state index < -0.39 is 12.0 Å². The van der Waals surface area contributed by atoms with Gasteiger partial charge in [-0.05, 0) is 38.9 Å². The standard InChI is InChI=1S/C17H27N3O4S/c1-11(2)24-14(21)10-13-16(23)18-8-9-20(13)17(25)19-15(22)12-6-4-3-5-7-12/h11-13H,3-10H2,1-2H3,(H,18,23)(H,19,22,25)/t13-/m0/s1. The molecule has 1 heterocycles. The summed E-state index contributed by atoms with van der Waals surface area (Å²) in [4.78, 5) is 38.1. The van der Waals surface area contributed by atoms with Crippen molar-refractivity contribution >= 4 is 35.1 Å². The van der Waals surface area contributed by atoms with Crippen LogP contribution in [0.4, 0.5) is 0 Å². The monoisotopic (exact) mass is 369 g/mol. The minimum atomic E-state index is -0.751. The van der Waals surface area contributed by atoms with E-state index in [1.165, 1.54) is 6.42 Å². The Labute approximate surface area is 153 Å². The third-order valence-electron chi connectivity index (χ3n) is 4.52. The molecule has 2 amide bonds. The van der Waals surface area contributed by atoms with Crippen molar-refractivity contribution in [3.05, 3.63) is 0 Å². The fourth-order valence-corrected chi connectivity index (χ4v) is 3.59. The lowest BCUT2D eigenvalue weighted by molar-refractivity contribution is -0.150. The molecule has 0 aromatic carbocycles. The molecule has 25 heavy (non-hydrogen) atoms. The number of piperazine rings is 1. The van der Waals surface area contributed by atoms with Gasteiger partial charge in [0.15, 0.2) is 5.11 Å². The number of carbonyl (C=O) groups excluding carboxylic acids is 3. The molecular formula is C17H27N3O4S. The van der Waals surface area contributed by atoms with Gasteiger partial charge in [0, 0.05) is 19.0 Å². The third kappa shape index (κ3) is 5.66.